The predicted octanol–water partition coefficient (Wildman–Crippen LogP) is -1.32. The van der Waals surface area contributed by atoms with E-state index in [1.165, 1.54) is 18.9 Å². The number of primary sulfonamides is 1. The molecule has 0 saturated heterocycles. The van der Waals surface area contributed by atoms with Crippen LogP contribution in [-0.4, -0.2) is 49.8 Å². The van der Waals surface area contributed by atoms with Gasteiger partial charge in [0.05, 0.1) is 5.75 Å². The lowest BCUT2D eigenvalue weighted by Crippen LogP contribution is -2.39. The fourth-order valence-electron chi connectivity index (χ4n) is 0.653. The number of hydrogen-bond donors (Lipinski definition) is 2. The molecule has 0 bridgehead atoms. The van der Waals surface area contributed by atoms with Crippen molar-refractivity contribution in [3.8, 4) is 0 Å². The van der Waals surface area contributed by atoms with Gasteiger partial charge in [0, 0.05) is 6.54 Å². The van der Waals surface area contributed by atoms with Crippen LogP contribution in [0.3, 0.4) is 0 Å². The first kappa shape index (κ1) is 12.3. The first-order valence-corrected chi connectivity index (χ1v) is 5.39. The number of aliphatic carboxylic acids is 1. The Bertz CT molecular complexity index is 274. The lowest BCUT2D eigenvalue weighted by molar-refractivity contribution is -0.142. The van der Waals surface area contributed by atoms with E-state index in [1.807, 2.05) is 0 Å². The highest BCUT2D eigenvalue weighted by atomic mass is 32.2. The summed E-state index contributed by atoms with van der Waals surface area (Å²) in [5.74, 6) is -1.22. The van der Waals surface area contributed by atoms with Crippen molar-refractivity contribution in [1.82, 2.24) is 4.90 Å². The van der Waals surface area contributed by atoms with Gasteiger partial charge in [0.2, 0.25) is 10.0 Å². The summed E-state index contributed by atoms with van der Waals surface area (Å²) in [6.07, 6.45) is 0. The Kier molecular flexibility index (Phi) is 4.31. The number of nitrogens with two attached hydrogens (primary N) is 1. The Morgan fingerprint density at radius 2 is 2.08 bits per heavy atom. The van der Waals surface area contributed by atoms with Gasteiger partial charge in [-0.25, -0.2) is 13.6 Å². The van der Waals surface area contributed by atoms with Gasteiger partial charge in [-0.3, -0.25) is 9.69 Å². The average molecular weight is 210 g/mol. The number of hydrogen-bond acceptors (Lipinski definition) is 4. The molecule has 13 heavy (non-hydrogen) atoms. The molecule has 0 spiro atoms. The smallest absolute Gasteiger partial charge is 0.320 e. The molecule has 0 aromatic rings. The highest BCUT2D eigenvalue weighted by Gasteiger charge is 2.17. The molecule has 78 valence electrons. The molecule has 0 amide bonds. The average Bonchev–Trinajstić information content (AvgIpc) is 1.97. The molecule has 0 aliphatic rings. The molecule has 0 aromatic heterocycles. The number of nitrogens with zero attached hydrogens (tertiary/aromatic N) is 1. The molecule has 0 radical (unpaired) electrons. The first-order chi connectivity index (χ1) is 5.74. The zero-order valence-corrected chi connectivity index (χ0v) is 8.41. The van der Waals surface area contributed by atoms with Crippen molar-refractivity contribution in [3.05, 3.63) is 0 Å². The summed E-state index contributed by atoms with van der Waals surface area (Å²) in [6.45, 7) is 1.60. The first-order valence-electron chi connectivity index (χ1n) is 3.67. The number of rotatable bonds is 5. The number of carboxylic acids is 1. The second kappa shape index (κ2) is 4.54. The Morgan fingerprint density at radius 1 is 1.62 bits per heavy atom. The Morgan fingerprint density at radius 3 is 2.38 bits per heavy atom. The van der Waals surface area contributed by atoms with Crippen LogP contribution in [-0.2, 0) is 14.8 Å². The lowest BCUT2D eigenvalue weighted by Gasteiger charge is -2.19. The van der Waals surface area contributed by atoms with Crippen molar-refractivity contribution in [2.45, 2.75) is 13.0 Å². The van der Waals surface area contributed by atoms with Gasteiger partial charge < -0.3 is 5.11 Å². The highest BCUT2D eigenvalue weighted by molar-refractivity contribution is 7.89. The van der Waals surface area contributed by atoms with Crippen LogP contribution in [0.5, 0.6) is 0 Å². The molecular formula is C6H14N2O4S. The van der Waals surface area contributed by atoms with Gasteiger partial charge in [-0.2, -0.15) is 0 Å². The summed E-state index contributed by atoms with van der Waals surface area (Å²) < 4.78 is 21.1. The molecule has 0 aromatic carbocycles. The van der Waals surface area contributed by atoms with Crippen LogP contribution < -0.4 is 5.14 Å². The van der Waals surface area contributed by atoms with Gasteiger partial charge in [0.1, 0.15) is 6.04 Å². The fraction of sp³-hybridized carbons (Fsp3) is 0.833. The Balaban J connectivity index is 4.02. The minimum atomic E-state index is -3.51. The van der Waals surface area contributed by atoms with E-state index in [0.29, 0.717) is 0 Å². The normalized spacial score (nSPS) is 14.5. The molecular weight excluding hydrogens is 196 g/mol. The van der Waals surface area contributed by atoms with Gasteiger partial charge in [0.25, 0.3) is 0 Å². The zero-order valence-electron chi connectivity index (χ0n) is 7.60. The van der Waals surface area contributed by atoms with E-state index in [9.17, 15) is 13.2 Å². The van der Waals surface area contributed by atoms with E-state index >= 15 is 0 Å². The summed E-state index contributed by atoms with van der Waals surface area (Å²) in [5.41, 5.74) is 0. The van der Waals surface area contributed by atoms with E-state index in [2.05, 4.69) is 0 Å². The van der Waals surface area contributed by atoms with Crippen molar-refractivity contribution in [3.63, 3.8) is 0 Å². The van der Waals surface area contributed by atoms with Crippen molar-refractivity contribution < 1.29 is 18.3 Å². The van der Waals surface area contributed by atoms with Crippen molar-refractivity contribution in [1.29, 1.82) is 0 Å². The number of sulfonamides is 1. The second-order valence-electron chi connectivity index (χ2n) is 2.86. The van der Waals surface area contributed by atoms with Crippen molar-refractivity contribution in [2.24, 2.45) is 5.14 Å². The second-order valence-corrected chi connectivity index (χ2v) is 4.60. The lowest BCUT2D eigenvalue weighted by atomic mass is 10.3. The third-order valence-electron chi connectivity index (χ3n) is 1.75. The van der Waals surface area contributed by atoms with Crippen LogP contribution >= 0.6 is 0 Å². The van der Waals surface area contributed by atoms with Gasteiger partial charge in [0.15, 0.2) is 0 Å². The summed E-state index contributed by atoms with van der Waals surface area (Å²) in [6, 6.07) is -0.707. The molecule has 0 heterocycles. The standard InChI is InChI=1S/C6H14N2O4S/c1-5(6(9)10)8(2)3-4-13(7,11)12/h5H,3-4H2,1-2H3,(H,9,10)(H2,7,11,12). The maximum Gasteiger partial charge on any atom is 0.320 e. The molecule has 1 atom stereocenters. The van der Waals surface area contributed by atoms with Crippen LogP contribution in [0.25, 0.3) is 0 Å². The van der Waals surface area contributed by atoms with Crippen molar-refractivity contribution >= 4 is 16.0 Å². The zero-order chi connectivity index (χ0) is 10.6. The summed E-state index contributed by atoms with van der Waals surface area (Å²) in [5, 5.41) is 13.3. The SMILES string of the molecule is CC(C(=O)O)N(C)CCS(N)(=O)=O. The van der Waals surface area contributed by atoms with Crippen molar-refractivity contribution in [2.75, 3.05) is 19.3 Å². The van der Waals surface area contributed by atoms with E-state index < -0.39 is 22.0 Å². The van der Waals surface area contributed by atoms with Gasteiger partial charge >= 0.3 is 5.97 Å². The van der Waals surface area contributed by atoms with E-state index in [1.54, 1.807) is 0 Å². The Labute approximate surface area is 77.4 Å². The van der Waals surface area contributed by atoms with E-state index in [-0.39, 0.29) is 12.3 Å². The maximum absolute atomic E-state index is 10.5. The van der Waals surface area contributed by atoms with Crippen LogP contribution in [0.2, 0.25) is 0 Å². The molecule has 0 aliphatic heterocycles. The third-order valence-corrected chi connectivity index (χ3v) is 2.50. The maximum atomic E-state index is 10.5. The van der Waals surface area contributed by atoms with Gasteiger partial charge in [-0.15, -0.1) is 0 Å². The molecule has 0 aliphatic carbocycles. The Hall–Kier alpha value is -0.660. The topological polar surface area (TPSA) is 101 Å². The van der Waals surface area contributed by atoms with Gasteiger partial charge in [-0.05, 0) is 14.0 Å². The third kappa shape index (κ3) is 5.56. The van der Waals surface area contributed by atoms with Crippen LogP contribution in [0.4, 0.5) is 0 Å². The molecule has 1 unspecified atom stereocenters. The van der Waals surface area contributed by atoms with Crippen LogP contribution in [0.1, 0.15) is 6.92 Å². The molecule has 0 rings (SSSR count). The minimum absolute atomic E-state index is 0.117. The molecule has 0 saturated carbocycles. The summed E-state index contributed by atoms with van der Waals surface area (Å²) in [7, 11) is -1.98. The van der Waals surface area contributed by atoms with E-state index in [4.69, 9.17) is 10.2 Å². The molecule has 7 heteroatoms. The van der Waals surface area contributed by atoms with Crippen LogP contribution in [0.15, 0.2) is 0 Å². The fourth-order valence-corrected chi connectivity index (χ4v) is 1.20. The summed E-state index contributed by atoms with van der Waals surface area (Å²) >= 11 is 0. The summed E-state index contributed by atoms with van der Waals surface area (Å²) in [4.78, 5) is 11.9. The van der Waals surface area contributed by atoms with Gasteiger partial charge in [-0.1, -0.05) is 0 Å². The number of carboxylic acid groups (broad SMARTS) is 1. The van der Waals surface area contributed by atoms with E-state index in [0.717, 1.165) is 0 Å². The quantitative estimate of drug-likeness (QED) is 0.586. The number of carbonyl (C=O) groups is 1. The monoisotopic (exact) mass is 210 g/mol. The highest BCUT2D eigenvalue weighted by Crippen LogP contribution is 1.95. The largest absolute Gasteiger partial charge is 0.480 e. The number of likely N-dealkylation sites (N-methyl/N-ethyl adjacent to an activating group) is 1. The molecule has 0 fully saturated rings. The predicted molar refractivity (Wildman–Crippen MR) is 47.7 cm³/mol. The molecule has 6 nitrogen and oxygen atoms in total. The molecule has 3 N–H and O–H groups in total. The minimum Gasteiger partial charge on any atom is -0.480 e. The van der Waals surface area contributed by atoms with Crippen LogP contribution in [0, 0.1) is 0 Å².